The summed E-state index contributed by atoms with van der Waals surface area (Å²) in [6.07, 6.45) is 0. The van der Waals surface area contributed by atoms with Gasteiger partial charge < -0.3 is 10.0 Å². The van der Waals surface area contributed by atoms with E-state index in [0.717, 1.165) is 0 Å². The highest BCUT2D eigenvalue weighted by molar-refractivity contribution is 7.89. The first-order valence-corrected chi connectivity index (χ1v) is 13.4. The molecule has 1 amide bonds. The smallest absolute Gasteiger partial charge is 0.253 e. The third kappa shape index (κ3) is 5.06. The third-order valence-corrected chi connectivity index (χ3v) is 9.70. The number of nitrogens with zero attached hydrogens (tertiary/aromatic N) is 3. The highest BCUT2D eigenvalue weighted by atomic mass is 32.2. The van der Waals surface area contributed by atoms with Gasteiger partial charge in [-0.3, -0.25) is 4.79 Å². The lowest BCUT2D eigenvalue weighted by Crippen LogP contribution is -2.50. The van der Waals surface area contributed by atoms with E-state index in [1.807, 2.05) is 0 Å². The molecule has 0 unspecified atom stereocenters. The molecular formula is C22H29N3O6S2. The summed E-state index contributed by atoms with van der Waals surface area (Å²) in [5.41, 5.74) is 0.930. The molecule has 0 aromatic heterocycles. The number of rotatable bonds is 6. The van der Waals surface area contributed by atoms with Crippen molar-refractivity contribution < 1.29 is 26.7 Å². The summed E-state index contributed by atoms with van der Waals surface area (Å²) in [4.78, 5) is 14.4. The summed E-state index contributed by atoms with van der Waals surface area (Å²) >= 11 is 0. The van der Waals surface area contributed by atoms with Crippen molar-refractivity contribution in [3.63, 3.8) is 0 Å². The largest absolute Gasteiger partial charge is 0.507 e. The predicted octanol–water partition coefficient (Wildman–Crippen LogP) is 1.88. The van der Waals surface area contributed by atoms with Crippen LogP contribution in [0.15, 0.2) is 52.3 Å². The topological polar surface area (TPSA) is 115 Å². The quantitative estimate of drug-likeness (QED) is 0.654. The molecule has 1 fully saturated rings. The highest BCUT2D eigenvalue weighted by Gasteiger charge is 2.32. The van der Waals surface area contributed by atoms with Crippen molar-refractivity contribution >= 4 is 26.0 Å². The number of hydrogen-bond acceptors (Lipinski definition) is 6. The van der Waals surface area contributed by atoms with E-state index in [0.29, 0.717) is 5.56 Å². The Kier molecular flexibility index (Phi) is 7.18. The number of benzene rings is 2. The van der Waals surface area contributed by atoms with Gasteiger partial charge in [-0.2, -0.15) is 8.61 Å². The fourth-order valence-corrected chi connectivity index (χ4v) is 6.52. The Morgan fingerprint density at radius 3 is 2.24 bits per heavy atom. The molecule has 2 aromatic rings. The van der Waals surface area contributed by atoms with Gasteiger partial charge in [0.1, 0.15) is 10.6 Å². The molecular weight excluding hydrogens is 466 g/mol. The molecule has 0 atom stereocenters. The molecule has 0 spiro atoms. The SMILES string of the molecule is Cc1ccc(O)c(S(=O)(=O)N2CCN(C(=O)c3cccc(S(=O)(=O)N(C)C(C)C)c3)CC2)c1. The second-order valence-electron chi connectivity index (χ2n) is 8.31. The molecule has 9 nitrogen and oxygen atoms in total. The number of aryl methyl sites for hydroxylation is 1. The lowest BCUT2D eigenvalue weighted by molar-refractivity contribution is 0.0697. The zero-order valence-electron chi connectivity index (χ0n) is 19.1. The van der Waals surface area contributed by atoms with E-state index in [2.05, 4.69) is 0 Å². The van der Waals surface area contributed by atoms with Gasteiger partial charge in [0.2, 0.25) is 20.0 Å². The average molecular weight is 496 g/mol. The minimum atomic E-state index is -3.91. The number of hydrogen-bond donors (Lipinski definition) is 1. The Bertz CT molecular complexity index is 1250. The molecule has 1 aliphatic heterocycles. The maximum atomic E-state index is 13.0. The Balaban J connectivity index is 1.76. The van der Waals surface area contributed by atoms with Crippen LogP contribution in [-0.2, 0) is 20.0 Å². The maximum absolute atomic E-state index is 13.0. The molecule has 0 saturated carbocycles. The number of phenolic OH excluding ortho intramolecular Hbond substituents is 1. The van der Waals surface area contributed by atoms with Crippen LogP contribution in [0.2, 0.25) is 0 Å². The number of carbonyl (C=O) groups excluding carboxylic acids is 1. The summed E-state index contributed by atoms with van der Waals surface area (Å²) in [7, 11) is -6.17. The number of aromatic hydroxyl groups is 1. The molecule has 1 heterocycles. The van der Waals surface area contributed by atoms with E-state index in [1.165, 1.54) is 50.9 Å². The maximum Gasteiger partial charge on any atom is 0.253 e. The first-order chi connectivity index (χ1) is 15.4. The summed E-state index contributed by atoms with van der Waals surface area (Å²) in [6, 6.07) is 10.0. The van der Waals surface area contributed by atoms with Crippen LogP contribution in [0.25, 0.3) is 0 Å². The van der Waals surface area contributed by atoms with Crippen LogP contribution in [0.3, 0.4) is 0 Å². The van der Waals surface area contributed by atoms with Crippen molar-refractivity contribution in [3.05, 3.63) is 53.6 Å². The van der Waals surface area contributed by atoms with E-state index in [4.69, 9.17) is 0 Å². The summed E-state index contributed by atoms with van der Waals surface area (Å²) in [6.45, 7) is 5.68. The van der Waals surface area contributed by atoms with E-state index < -0.39 is 20.0 Å². The van der Waals surface area contributed by atoms with Crippen molar-refractivity contribution in [1.82, 2.24) is 13.5 Å². The van der Waals surface area contributed by atoms with Crippen LogP contribution >= 0.6 is 0 Å². The van der Waals surface area contributed by atoms with Gasteiger partial charge in [0.25, 0.3) is 5.91 Å². The van der Waals surface area contributed by atoms with E-state index in [-0.39, 0.29) is 59.2 Å². The number of phenols is 1. The third-order valence-electron chi connectivity index (χ3n) is 5.74. The summed E-state index contributed by atoms with van der Waals surface area (Å²) < 4.78 is 54.0. The van der Waals surface area contributed by atoms with Gasteiger partial charge in [0, 0.05) is 44.8 Å². The molecule has 0 aliphatic carbocycles. The van der Waals surface area contributed by atoms with Crippen LogP contribution in [0.1, 0.15) is 29.8 Å². The van der Waals surface area contributed by atoms with E-state index >= 15 is 0 Å². The van der Waals surface area contributed by atoms with Gasteiger partial charge >= 0.3 is 0 Å². The monoisotopic (exact) mass is 495 g/mol. The van der Waals surface area contributed by atoms with Gasteiger partial charge in [-0.05, 0) is 56.7 Å². The van der Waals surface area contributed by atoms with Gasteiger partial charge in [-0.25, -0.2) is 16.8 Å². The zero-order valence-corrected chi connectivity index (χ0v) is 20.7. The van der Waals surface area contributed by atoms with Gasteiger partial charge in [-0.1, -0.05) is 12.1 Å². The van der Waals surface area contributed by atoms with Gasteiger partial charge in [-0.15, -0.1) is 0 Å². The first kappa shape index (κ1) is 25.2. The minimum absolute atomic E-state index is 0.0284. The normalized spacial score (nSPS) is 15.9. The second-order valence-corrected chi connectivity index (χ2v) is 12.2. The number of piperazine rings is 1. The van der Waals surface area contributed by atoms with Gasteiger partial charge in [0.15, 0.2) is 0 Å². The lowest BCUT2D eigenvalue weighted by atomic mass is 10.2. The highest BCUT2D eigenvalue weighted by Crippen LogP contribution is 2.28. The molecule has 3 rings (SSSR count). The molecule has 2 aromatic carbocycles. The zero-order chi connectivity index (χ0) is 24.6. The molecule has 1 saturated heterocycles. The average Bonchev–Trinajstić information content (AvgIpc) is 2.79. The number of sulfonamides is 2. The van der Waals surface area contributed by atoms with Crippen molar-refractivity contribution in [3.8, 4) is 5.75 Å². The van der Waals surface area contributed by atoms with Crippen LogP contribution in [0.4, 0.5) is 0 Å². The van der Waals surface area contributed by atoms with Crippen LogP contribution in [0, 0.1) is 6.92 Å². The molecule has 180 valence electrons. The fourth-order valence-electron chi connectivity index (χ4n) is 3.51. The minimum Gasteiger partial charge on any atom is -0.507 e. The Labute approximate surface area is 195 Å². The molecule has 11 heteroatoms. The fraction of sp³-hybridized carbons (Fsp3) is 0.409. The van der Waals surface area contributed by atoms with Crippen molar-refractivity contribution in [2.45, 2.75) is 36.6 Å². The van der Waals surface area contributed by atoms with Crippen molar-refractivity contribution in [2.75, 3.05) is 33.2 Å². The van der Waals surface area contributed by atoms with Crippen molar-refractivity contribution in [2.24, 2.45) is 0 Å². The summed E-state index contributed by atoms with van der Waals surface area (Å²) in [5, 5.41) is 10.0. The predicted molar refractivity (Wildman–Crippen MR) is 124 cm³/mol. The van der Waals surface area contributed by atoms with Gasteiger partial charge in [0.05, 0.1) is 4.90 Å². The molecule has 1 N–H and O–H groups in total. The Hall–Kier alpha value is -2.47. The Morgan fingerprint density at radius 1 is 1.00 bits per heavy atom. The van der Waals surface area contributed by atoms with E-state index in [1.54, 1.807) is 32.9 Å². The second kappa shape index (κ2) is 9.41. The van der Waals surface area contributed by atoms with Crippen LogP contribution in [-0.4, -0.2) is 80.6 Å². The molecule has 0 bridgehead atoms. The summed E-state index contributed by atoms with van der Waals surface area (Å²) in [5.74, 6) is -0.682. The van der Waals surface area contributed by atoms with Crippen molar-refractivity contribution in [1.29, 1.82) is 0 Å². The van der Waals surface area contributed by atoms with Crippen LogP contribution in [0.5, 0.6) is 5.75 Å². The van der Waals surface area contributed by atoms with Crippen LogP contribution < -0.4 is 0 Å². The Morgan fingerprint density at radius 2 is 1.64 bits per heavy atom. The van der Waals surface area contributed by atoms with E-state index in [9.17, 15) is 26.7 Å². The number of amides is 1. The molecule has 33 heavy (non-hydrogen) atoms. The molecule has 1 aliphatic rings. The molecule has 0 radical (unpaired) electrons. The lowest BCUT2D eigenvalue weighted by Gasteiger charge is -2.34. The standard InChI is InChI=1S/C22H29N3O6S2/c1-16(2)23(4)32(28,29)19-7-5-6-18(15-19)22(27)24-10-12-25(13-11-24)33(30,31)21-14-17(3)8-9-20(21)26/h5-9,14-16,26H,10-13H2,1-4H3. The number of carbonyl (C=O) groups is 1. The first-order valence-electron chi connectivity index (χ1n) is 10.5.